The van der Waals surface area contributed by atoms with Crippen molar-refractivity contribution in [3.63, 3.8) is 0 Å². The van der Waals surface area contributed by atoms with Crippen molar-refractivity contribution in [2.24, 2.45) is 23.7 Å². The molecule has 4 nitrogen and oxygen atoms in total. The summed E-state index contributed by atoms with van der Waals surface area (Å²) in [5.41, 5.74) is 0.664. The lowest BCUT2D eigenvalue weighted by Gasteiger charge is -2.38. The van der Waals surface area contributed by atoms with E-state index in [2.05, 4.69) is 19.1 Å². The third kappa shape index (κ3) is 2.19. The molecule has 4 aliphatic rings. The number of imide groups is 1. The third-order valence-electron chi connectivity index (χ3n) is 5.33. The largest absolute Gasteiger partial charge is 0.494 e. The number of benzene rings is 1. The Balaban J connectivity index is 1.60. The molecular formula is C19H21NO3. The van der Waals surface area contributed by atoms with Crippen LogP contribution in [0.4, 0.5) is 5.69 Å². The van der Waals surface area contributed by atoms with Gasteiger partial charge in [0.25, 0.3) is 0 Å². The first-order chi connectivity index (χ1) is 11.2. The number of carbonyl (C=O) groups is 2. The average Bonchev–Trinajstić information content (AvgIpc) is 2.88. The van der Waals surface area contributed by atoms with Gasteiger partial charge in [-0.25, -0.2) is 0 Å². The molecule has 23 heavy (non-hydrogen) atoms. The zero-order valence-corrected chi connectivity index (χ0v) is 13.3. The number of amides is 2. The van der Waals surface area contributed by atoms with Gasteiger partial charge in [0, 0.05) is 0 Å². The Labute approximate surface area is 136 Å². The lowest BCUT2D eigenvalue weighted by Crippen LogP contribution is -2.38. The van der Waals surface area contributed by atoms with E-state index in [1.54, 1.807) is 0 Å². The van der Waals surface area contributed by atoms with E-state index in [0.717, 1.165) is 25.0 Å². The Morgan fingerprint density at radius 1 is 1.00 bits per heavy atom. The van der Waals surface area contributed by atoms with Gasteiger partial charge in [0.2, 0.25) is 11.8 Å². The zero-order valence-electron chi connectivity index (χ0n) is 13.3. The quantitative estimate of drug-likeness (QED) is 0.634. The molecule has 2 fully saturated rings. The molecule has 120 valence electrons. The van der Waals surface area contributed by atoms with Gasteiger partial charge < -0.3 is 4.74 Å². The van der Waals surface area contributed by atoms with Crippen molar-refractivity contribution in [1.82, 2.24) is 0 Å². The number of nitrogens with zero attached hydrogens (tertiary/aromatic N) is 1. The number of hydrogen-bond donors (Lipinski definition) is 0. The minimum atomic E-state index is -0.151. The second kappa shape index (κ2) is 5.52. The van der Waals surface area contributed by atoms with E-state index in [1.165, 1.54) is 4.90 Å². The molecule has 1 heterocycles. The highest BCUT2D eigenvalue weighted by atomic mass is 16.5. The van der Waals surface area contributed by atoms with E-state index in [0.29, 0.717) is 12.3 Å². The summed E-state index contributed by atoms with van der Waals surface area (Å²) < 4.78 is 5.57. The van der Waals surface area contributed by atoms with Crippen molar-refractivity contribution >= 4 is 17.5 Å². The molecular weight excluding hydrogens is 290 g/mol. The SMILES string of the molecule is CCCOc1ccc(N2C(=O)[C@H]3[C@H](C2=O)[C@H]2C=C[C@H]3CC2)cc1. The molecule has 0 aromatic heterocycles. The summed E-state index contributed by atoms with van der Waals surface area (Å²) >= 11 is 0. The second-order valence-electron chi connectivity index (χ2n) is 6.70. The van der Waals surface area contributed by atoms with Gasteiger partial charge in [-0.2, -0.15) is 0 Å². The van der Waals surface area contributed by atoms with E-state index >= 15 is 0 Å². The Morgan fingerprint density at radius 2 is 1.57 bits per heavy atom. The van der Waals surface area contributed by atoms with Gasteiger partial charge >= 0.3 is 0 Å². The van der Waals surface area contributed by atoms with Crippen LogP contribution in [-0.4, -0.2) is 18.4 Å². The van der Waals surface area contributed by atoms with Crippen molar-refractivity contribution in [3.05, 3.63) is 36.4 Å². The van der Waals surface area contributed by atoms with Gasteiger partial charge in [-0.1, -0.05) is 19.1 Å². The predicted octanol–water partition coefficient (Wildman–Crippen LogP) is 3.18. The first kappa shape index (κ1) is 14.5. The van der Waals surface area contributed by atoms with Gasteiger partial charge in [0.15, 0.2) is 0 Å². The number of allylic oxidation sites excluding steroid dienone is 2. The Kier molecular flexibility index (Phi) is 3.47. The van der Waals surface area contributed by atoms with Crippen LogP contribution in [0.15, 0.2) is 36.4 Å². The summed E-state index contributed by atoms with van der Waals surface area (Å²) in [6, 6.07) is 7.29. The molecule has 4 heteroatoms. The van der Waals surface area contributed by atoms with Crippen LogP contribution >= 0.6 is 0 Å². The Bertz CT molecular complexity index is 632. The molecule has 1 saturated heterocycles. The monoisotopic (exact) mass is 311 g/mol. The van der Waals surface area contributed by atoms with E-state index in [4.69, 9.17) is 4.74 Å². The van der Waals surface area contributed by atoms with Crippen molar-refractivity contribution in [1.29, 1.82) is 0 Å². The first-order valence-corrected chi connectivity index (χ1v) is 8.49. The van der Waals surface area contributed by atoms with Crippen LogP contribution in [0.1, 0.15) is 26.2 Å². The molecule has 1 aromatic rings. The highest BCUT2D eigenvalue weighted by Gasteiger charge is 2.56. The molecule has 4 atom stereocenters. The van der Waals surface area contributed by atoms with E-state index < -0.39 is 0 Å². The van der Waals surface area contributed by atoms with Gasteiger partial charge in [-0.3, -0.25) is 14.5 Å². The highest BCUT2D eigenvalue weighted by molar-refractivity contribution is 6.22. The Hall–Kier alpha value is -2.10. The standard InChI is InChI=1S/C19H21NO3/c1-2-11-23-15-9-7-14(8-10-15)20-18(21)16-12-3-4-13(6-5-12)17(16)19(20)22/h3-4,7-10,12-13,16-17H,2,5-6,11H2,1H3/t12-,13-,16+,17+/m0/s1. The Morgan fingerprint density at radius 3 is 2.04 bits per heavy atom. The molecule has 1 aromatic carbocycles. The molecule has 1 aliphatic heterocycles. The number of ether oxygens (including phenoxy) is 1. The summed E-state index contributed by atoms with van der Waals surface area (Å²) in [6.45, 7) is 2.72. The summed E-state index contributed by atoms with van der Waals surface area (Å²) in [6.07, 6.45) is 7.29. The summed E-state index contributed by atoms with van der Waals surface area (Å²) in [7, 11) is 0. The maximum absolute atomic E-state index is 12.8. The third-order valence-corrected chi connectivity index (χ3v) is 5.33. The van der Waals surface area contributed by atoms with Gasteiger partial charge in [-0.15, -0.1) is 0 Å². The van der Waals surface area contributed by atoms with Gasteiger partial charge in [0.05, 0.1) is 24.1 Å². The fourth-order valence-electron chi connectivity index (χ4n) is 4.24. The number of fused-ring (bicyclic) bond motifs is 1. The second-order valence-corrected chi connectivity index (χ2v) is 6.70. The maximum Gasteiger partial charge on any atom is 0.238 e. The lowest BCUT2D eigenvalue weighted by molar-refractivity contribution is -0.124. The van der Waals surface area contributed by atoms with Crippen LogP contribution in [0.5, 0.6) is 5.75 Å². The molecule has 1 saturated carbocycles. The first-order valence-electron chi connectivity index (χ1n) is 8.49. The molecule has 0 N–H and O–H groups in total. The molecule has 0 radical (unpaired) electrons. The molecule has 0 unspecified atom stereocenters. The fourth-order valence-corrected chi connectivity index (χ4v) is 4.24. The normalized spacial score (nSPS) is 31.6. The number of carbonyl (C=O) groups excluding carboxylic acids is 2. The summed E-state index contributed by atoms with van der Waals surface area (Å²) in [5.74, 6) is 0.887. The van der Waals surface area contributed by atoms with Crippen molar-refractivity contribution in [3.8, 4) is 5.75 Å². The topological polar surface area (TPSA) is 46.6 Å². The highest BCUT2D eigenvalue weighted by Crippen LogP contribution is 2.50. The van der Waals surface area contributed by atoms with E-state index in [1.807, 2.05) is 24.3 Å². The smallest absolute Gasteiger partial charge is 0.238 e. The van der Waals surface area contributed by atoms with E-state index in [-0.39, 0.29) is 35.5 Å². The van der Waals surface area contributed by atoms with Gasteiger partial charge in [-0.05, 0) is 55.4 Å². The summed E-state index contributed by atoms with van der Waals surface area (Å²) in [4.78, 5) is 27.1. The van der Waals surface area contributed by atoms with Crippen molar-refractivity contribution in [2.45, 2.75) is 26.2 Å². The molecule has 0 spiro atoms. The molecule has 2 bridgehead atoms. The van der Waals surface area contributed by atoms with Crippen LogP contribution in [0.3, 0.4) is 0 Å². The zero-order chi connectivity index (χ0) is 16.0. The fraction of sp³-hybridized carbons (Fsp3) is 0.474. The van der Waals surface area contributed by atoms with Crippen LogP contribution < -0.4 is 9.64 Å². The minimum Gasteiger partial charge on any atom is -0.494 e. The minimum absolute atomic E-state index is 0.0266. The van der Waals surface area contributed by atoms with Gasteiger partial charge in [0.1, 0.15) is 5.75 Å². The molecule has 5 rings (SSSR count). The predicted molar refractivity (Wildman–Crippen MR) is 87.1 cm³/mol. The number of rotatable bonds is 4. The van der Waals surface area contributed by atoms with Crippen molar-refractivity contribution in [2.75, 3.05) is 11.5 Å². The van der Waals surface area contributed by atoms with Crippen LogP contribution in [0.25, 0.3) is 0 Å². The average molecular weight is 311 g/mol. The molecule has 2 amide bonds. The van der Waals surface area contributed by atoms with Crippen molar-refractivity contribution < 1.29 is 14.3 Å². The van der Waals surface area contributed by atoms with Crippen LogP contribution in [-0.2, 0) is 9.59 Å². The van der Waals surface area contributed by atoms with E-state index in [9.17, 15) is 9.59 Å². The van der Waals surface area contributed by atoms with Crippen LogP contribution in [0, 0.1) is 23.7 Å². The molecule has 3 aliphatic carbocycles. The number of hydrogen-bond acceptors (Lipinski definition) is 3. The maximum atomic E-state index is 12.8. The lowest BCUT2D eigenvalue weighted by atomic mass is 9.63. The van der Waals surface area contributed by atoms with Crippen LogP contribution in [0.2, 0.25) is 0 Å². The number of anilines is 1. The summed E-state index contributed by atoms with van der Waals surface area (Å²) in [5, 5.41) is 0.